The largest absolute Gasteiger partial charge is 0.310 e. The number of aromatic amines is 1. The maximum atomic E-state index is 11.8. The molecule has 104 valence electrons. The molecule has 2 aromatic rings. The van der Waals surface area contributed by atoms with Crippen LogP contribution in [0.3, 0.4) is 0 Å². The van der Waals surface area contributed by atoms with Gasteiger partial charge in [-0.25, -0.2) is 4.98 Å². The Morgan fingerprint density at radius 3 is 2.75 bits per heavy atom. The van der Waals surface area contributed by atoms with Crippen LogP contribution in [0.1, 0.15) is 54.2 Å². The van der Waals surface area contributed by atoms with Crippen LogP contribution in [0.2, 0.25) is 0 Å². The molecule has 1 aliphatic rings. The van der Waals surface area contributed by atoms with Crippen LogP contribution < -0.4 is 5.56 Å². The molecule has 1 saturated carbocycles. The third kappa shape index (κ3) is 2.82. The van der Waals surface area contributed by atoms with Gasteiger partial charge in [0.2, 0.25) is 0 Å². The molecule has 3 rings (SSSR count). The molecule has 0 amide bonds. The average Bonchev–Trinajstić information content (AvgIpc) is 2.95. The van der Waals surface area contributed by atoms with Gasteiger partial charge in [-0.2, -0.15) is 0 Å². The lowest BCUT2D eigenvalue weighted by Crippen LogP contribution is -2.14. The van der Waals surface area contributed by atoms with E-state index in [1.165, 1.54) is 36.8 Å². The minimum absolute atomic E-state index is 0.0227. The second-order valence-corrected chi connectivity index (χ2v) is 5.70. The summed E-state index contributed by atoms with van der Waals surface area (Å²) < 4.78 is 0. The van der Waals surface area contributed by atoms with Crippen molar-refractivity contribution in [3.05, 3.63) is 63.3 Å². The van der Waals surface area contributed by atoms with E-state index >= 15 is 0 Å². The van der Waals surface area contributed by atoms with E-state index in [0.29, 0.717) is 12.3 Å². The van der Waals surface area contributed by atoms with Crippen LogP contribution in [0.4, 0.5) is 0 Å². The Labute approximate surface area is 119 Å². The van der Waals surface area contributed by atoms with E-state index in [2.05, 4.69) is 24.0 Å². The van der Waals surface area contributed by atoms with E-state index in [-0.39, 0.29) is 5.56 Å². The lowest BCUT2D eigenvalue weighted by atomic mass is 10.0. The summed E-state index contributed by atoms with van der Waals surface area (Å²) in [6.45, 7) is 2.09. The fraction of sp³-hybridized carbons (Fsp3) is 0.412. The summed E-state index contributed by atoms with van der Waals surface area (Å²) in [5.41, 5.74) is 3.42. The first-order valence-electron chi connectivity index (χ1n) is 7.37. The number of aromatic nitrogens is 2. The normalized spacial score (nSPS) is 15.7. The Morgan fingerprint density at radius 2 is 2.00 bits per heavy atom. The van der Waals surface area contributed by atoms with Crippen molar-refractivity contribution in [2.75, 3.05) is 0 Å². The van der Waals surface area contributed by atoms with Crippen molar-refractivity contribution >= 4 is 0 Å². The molecule has 1 fully saturated rings. The molecular weight excluding hydrogens is 248 g/mol. The fourth-order valence-corrected chi connectivity index (χ4v) is 3.03. The molecule has 1 N–H and O–H groups in total. The maximum Gasteiger partial charge on any atom is 0.251 e. The monoisotopic (exact) mass is 268 g/mol. The molecule has 3 heteroatoms. The highest BCUT2D eigenvalue weighted by molar-refractivity contribution is 5.28. The van der Waals surface area contributed by atoms with E-state index in [4.69, 9.17) is 4.98 Å². The van der Waals surface area contributed by atoms with Crippen LogP contribution in [0, 0.1) is 6.92 Å². The second kappa shape index (κ2) is 5.61. The zero-order valence-corrected chi connectivity index (χ0v) is 11.9. The quantitative estimate of drug-likeness (QED) is 0.928. The first-order valence-corrected chi connectivity index (χ1v) is 7.37. The molecule has 1 aliphatic carbocycles. The summed E-state index contributed by atoms with van der Waals surface area (Å²) in [5, 5.41) is 0. The van der Waals surface area contributed by atoms with Gasteiger partial charge in [0.05, 0.1) is 5.69 Å². The smallest absolute Gasteiger partial charge is 0.251 e. The number of nitrogens with one attached hydrogen (secondary N) is 1. The second-order valence-electron chi connectivity index (χ2n) is 5.70. The summed E-state index contributed by atoms with van der Waals surface area (Å²) in [5.74, 6) is 1.27. The van der Waals surface area contributed by atoms with Crippen molar-refractivity contribution in [2.24, 2.45) is 0 Å². The highest BCUT2D eigenvalue weighted by atomic mass is 16.1. The number of hydrogen-bond acceptors (Lipinski definition) is 2. The van der Waals surface area contributed by atoms with E-state index in [1.807, 2.05) is 12.1 Å². The lowest BCUT2D eigenvalue weighted by molar-refractivity contribution is 0.683. The van der Waals surface area contributed by atoms with Gasteiger partial charge in [-0.1, -0.05) is 37.1 Å². The van der Waals surface area contributed by atoms with Gasteiger partial charge in [0.15, 0.2) is 0 Å². The zero-order chi connectivity index (χ0) is 13.9. The summed E-state index contributed by atoms with van der Waals surface area (Å²) in [6, 6.07) is 9.92. The van der Waals surface area contributed by atoms with E-state index < -0.39 is 0 Å². The third-order valence-corrected chi connectivity index (χ3v) is 4.20. The minimum Gasteiger partial charge on any atom is -0.310 e. The Morgan fingerprint density at radius 1 is 1.25 bits per heavy atom. The maximum absolute atomic E-state index is 11.8. The van der Waals surface area contributed by atoms with Gasteiger partial charge in [0.1, 0.15) is 5.82 Å². The number of benzene rings is 1. The van der Waals surface area contributed by atoms with Crippen LogP contribution in [-0.4, -0.2) is 9.97 Å². The van der Waals surface area contributed by atoms with E-state index in [1.54, 1.807) is 6.07 Å². The molecule has 0 bridgehead atoms. The topological polar surface area (TPSA) is 45.8 Å². The molecule has 0 aliphatic heterocycles. The van der Waals surface area contributed by atoms with Crippen molar-refractivity contribution in [1.29, 1.82) is 0 Å². The zero-order valence-electron chi connectivity index (χ0n) is 11.9. The summed E-state index contributed by atoms with van der Waals surface area (Å²) in [7, 11) is 0. The third-order valence-electron chi connectivity index (χ3n) is 4.20. The SMILES string of the molecule is Cc1ccccc1Cc1nc(C2CCCC2)cc(=O)[nH]1. The number of rotatable bonds is 3. The highest BCUT2D eigenvalue weighted by Gasteiger charge is 2.19. The van der Waals surface area contributed by atoms with Gasteiger partial charge in [-0.15, -0.1) is 0 Å². The Bertz CT molecular complexity index is 654. The van der Waals surface area contributed by atoms with Gasteiger partial charge >= 0.3 is 0 Å². The number of H-pyrrole nitrogens is 1. The molecule has 20 heavy (non-hydrogen) atoms. The van der Waals surface area contributed by atoms with Crippen LogP contribution >= 0.6 is 0 Å². The first kappa shape index (κ1) is 13.1. The summed E-state index contributed by atoms with van der Waals surface area (Å²) in [4.78, 5) is 19.4. The van der Waals surface area contributed by atoms with Crippen LogP contribution in [0.15, 0.2) is 35.1 Å². The molecule has 0 spiro atoms. The van der Waals surface area contributed by atoms with E-state index in [9.17, 15) is 4.79 Å². The fourth-order valence-electron chi connectivity index (χ4n) is 3.03. The number of hydrogen-bond donors (Lipinski definition) is 1. The predicted octanol–water partition coefficient (Wildman–Crippen LogP) is 3.33. The van der Waals surface area contributed by atoms with Crippen molar-refractivity contribution < 1.29 is 0 Å². The lowest BCUT2D eigenvalue weighted by Gasteiger charge is -2.10. The molecule has 1 aromatic heterocycles. The van der Waals surface area contributed by atoms with Gasteiger partial charge in [-0.3, -0.25) is 4.79 Å². The molecule has 0 atom stereocenters. The molecule has 0 unspecified atom stereocenters. The molecule has 0 saturated heterocycles. The van der Waals surface area contributed by atoms with Gasteiger partial charge < -0.3 is 4.98 Å². The molecule has 3 nitrogen and oxygen atoms in total. The Hall–Kier alpha value is -1.90. The standard InChI is InChI=1S/C17H20N2O/c1-12-6-2-3-9-14(12)10-16-18-15(11-17(20)19-16)13-7-4-5-8-13/h2-3,6,9,11,13H,4-5,7-8,10H2,1H3,(H,18,19,20). The van der Waals surface area contributed by atoms with Crippen LogP contribution in [0.25, 0.3) is 0 Å². The Balaban J connectivity index is 1.90. The number of nitrogens with zero attached hydrogens (tertiary/aromatic N) is 1. The number of aryl methyl sites for hydroxylation is 1. The van der Waals surface area contributed by atoms with Gasteiger partial charge in [0.25, 0.3) is 5.56 Å². The Kier molecular flexibility index (Phi) is 3.68. The predicted molar refractivity (Wildman–Crippen MR) is 80.1 cm³/mol. The van der Waals surface area contributed by atoms with Crippen molar-refractivity contribution in [1.82, 2.24) is 9.97 Å². The minimum atomic E-state index is -0.0227. The molecule has 0 radical (unpaired) electrons. The van der Waals surface area contributed by atoms with Gasteiger partial charge in [0, 0.05) is 18.4 Å². The van der Waals surface area contributed by atoms with Gasteiger partial charge in [-0.05, 0) is 30.9 Å². The van der Waals surface area contributed by atoms with Crippen molar-refractivity contribution in [2.45, 2.75) is 44.9 Å². The average molecular weight is 268 g/mol. The van der Waals surface area contributed by atoms with Crippen molar-refractivity contribution in [3.8, 4) is 0 Å². The summed E-state index contributed by atoms with van der Waals surface area (Å²) >= 11 is 0. The summed E-state index contributed by atoms with van der Waals surface area (Å²) in [6.07, 6.45) is 5.54. The molecule has 1 heterocycles. The molecular formula is C17H20N2O. The van der Waals surface area contributed by atoms with Crippen LogP contribution in [-0.2, 0) is 6.42 Å². The van der Waals surface area contributed by atoms with E-state index in [0.717, 1.165) is 11.5 Å². The first-order chi connectivity index (χ1) is 9.72. The van der Waals surface area contributed by atoms with Crippen molar-refractivity contribution in [3.63, 3.8) is 0 Å². The van der Waals surface area contributed by atoms with Crippen LogP contribution in [0.5, 0.6) is 0 Å². The molecule has 1 aromatic carbocycles. The highest BCUT2D eigenvalue weighted by Crippen LogP contribution is 2.32.